The fraction of sp³-hybridized carbons (Fsp3) is 0.263. The zero-order valence-corrected chi connectivity index (χ0v) is 15.4. The van der Waals surface area contributed by atoms with E-state index in [0.29, 0.717) is 11.5 Å². The van der Waals surface area contributed by atoms with E-state index in [1.165, 1.54) is 31.2 Å². The van der Waals surface area contributed by atoms with Crippen molar-refractivity contribution >= 4 is 23.3 Å². The van der Waals surface area contributed by atoms with Crippen molar-refractivity contribution in [2.45, 2.75) is 19.4 Å². The van der Waals surface area contributed by atoms with E-state index < -0.39 is 22.9 Å². The van der Waals surface area contributed by atoms with Crippen LogP contribution in [0.4, 0.5) is 11.4 Å². The molecule has 0 saturated heterocycles. The number of nitrogens with one attached hydrogen (secondary N) is 1. The molecule has 0 aliphatic heterocycles. The molecule has 28 heavy (non-hydrogen) atoms. The average molecular weight is 388 g/mol. The third-order valence-corrected chi connectivity index (χ3v) is 3.64. The summed E-state index contributed by atoms with van der Waals surface area (Å²) in [6.45, 7) is 1.50. The Kier molecular flexibility index (Phi) is 7.32. The Labute approximate surface area is 161 Å². The van der Waals surface area contributed by atoms with Crippen LogP contribution >= 0.6 is 0 Å². The molecule has 9 heteroatoms. The maximum Gasteiger partial charge on any atom is 0.310 e. The number of hydrogen-bond donors (Lipinski definition) is 1. The summed E-state index contributed by atoms with van der Waals surface area (Å²) in [5.74, 6) is 0.0699. The van der Waals surface area contributed by atoms with Gasteiger partial charge in [0.25, 0.3) is 11.6 Å². The lowest BCUT2D eigenvalue weighted by Crippen LogP contribution is -2.30. The maximum atomic E-state index is 12.1. The van der Waals surface area contributed by atoms with E-state index in [2.05, 4.69) is 5.32 Å². The normalized spacial score (nSPS) is 11.2. The van der Waals surface area contributed by atoms with Crippen molar-refractivity contribution in [2.75, 3.05) is 19.0 Å². The monoisotopic (exact) mass is 388 g/mol. The summed E-state index contributed by atoms with van der Waals surface area (Å²) < 4.78 is 15.5. The largest absolute Gasteiger partial charge is 0.497 e. The predicted octanol–water partition coefficient (Wildman–Crippen LogP) is 2.94. The van der Waals surface area contributed by atoms with E-state index in [9.17, 15) is 19.7 Å². The van der Waals surface area contributed by atoms with Gasteiger partial charge in [-0.1, -0.05) is 6.07 Å². The summed E-state index contributed by atoms with van der Waals surface area (Å²) in [5, 5.41) is 13.2. The molecule has 9 nitrogen and oxygen atoms in total. The number of anilines is 1. The number of nitro groups is 1. The van der Waals surface area contributed by atoms with Crippen LogP contribution in [-0.4, -0.2) is 36.6 Å². The van der Waals surface area contributed by atoms with E-state index in [1.54, 1.807) is 31.4 Å². The van der Waals surface area contributed by atoms with Gasteiger partial charge in [0.05, 0.1) is 25.1 Å². The van der Waals surface area contributed by atoms with Crippen molar-refractivity contribution in [3.63, 3.8) is 0 Å². The number of hydrogen-bond acceptors (Lipinski definition) is 7. The summed E-state index contributed by atoms with van der Waals surface area (Å²) in [5.41, 5.74) is 0.0862. The highest BCUT2D eigenvalue weighted by Gasteiger charge is 2.18. The first-order valence-corrected chi connectivity index (χ1v) is 8.40. The third-order valence-electron chi connectivity index (χ3n) is 3.64. The number of carbonyl (C=O) groups is 2. The molecular formula is C19H20N2O7. The second-order valence-corrected chi connectivity index (χ2v) is 5.70. The Hall–Kier alpha value is -3.62. The quantitative estimate of drug-likeness (QED) is 0.399. The minimum Gasteiger partial charge on any atom is -0.497 e. The van der Waals surface area contributed by atoms with Crippen LogP contribution in [0.15, 0.2) is 48.5 Å². The first-order valence-electron chi connectivity index (χ1n) is 8.40. The third kappa shape index (κ3) is 6.27. The summed E-state index contributed by atoms with van der Waals surface area (Å²) in [6.07, 6.45) is -1.10. The zero-order chi connectivity index (χ0) is 20.5. The van der Waals surface area contributed by atoms with Gasteiger partial charge in [-0.3, -0.25) is 19.7 Å². The fourth-order valence-corrected chi connectivity index (χ4v) is 2.17. The molecule has 2 aromatic carbocycles. The Morgan fingerprint density at radius 1 is 1.14 bits per heavy atom. The molecule has 2 rings (SSSR count). The molecule has 0 aromatic heterocycles. The summed E-state index contributed by atoms with van der Waals surface area (Å²) >= 11 is 0. The van der Waals surface area contributed by atoms with Gasteiger partial charge in [-0.05, 0) is 37.3 Å². The van der Waals surface area contributed by atoms with E-state index in [-0.39, 0.29) is 24.4 Å². The Morgan fingerprint density at radius 3 is 2.46 bits per heavy atom. The number of amides is 1. The van der Waals surface area contributed by atoms with Crippen LogP contribution < -0.4 is 14.8 Å². The number of ether oxygens (including phenoxy) is 3. The first-order chi connectivity index (χ1) is 13.4. The van der Waals surface area contributed by atoms with Gasteiger partial charge >= 0.3 is 5.97 Å². The number of nitrogens with zero attached hydrogens (tertiary/aromatic N) is 1. The molecule has 148 valence electrons. The highest BCUT2D eigenvalue weighted by Crippen LogP contribution is 2.18. The number of non-ortho nitro benzene ring substituents is 1. The van der Waals surface area contributed by atoms with Crippen molar-refractivity contribution in [3.8, 4) is 11.5 Å². The number of carbonyl (C=O) groups excluding carboxylic acids is 2. The molecule has 1 amide bonds. The second-order valence-electron chi connectivity index (χ2n) is 5.70. The summed E-state index contributed by atoms with van der Waals surface area (Å²) in [7, 11) is 1.56. The van der Waals surface area contributed by atoms with Gasteiger partial charge in [0.1, 0.15) is 11.5 Å². The zero-order valence-electron chi connectivity index (χ0n) is 15.4. The molecule has 0 spiro atoms. The molecule has 1 unspecified atom stereocenters. The Bertz CT molecular complexity index is 836. The van der Waals surface area contributed by atoms with Crippen molar-refractivity contribution in [3.05, 3.63) is 58.6 Å². The number of nitro benzene ring substituents is 1. The topological polar surface area (TPSA) is 117 Å². The van der Waals surface area contributed by atoms with Crippen LogP contribution in [0.2, 0.25) is 0 Å². The maximum absolute atomic E-state index is 12.1. The van der Waals surface area contributed by atoms with Crippen LogP contribution in [0.25, 0.3) is 0 Å². The smallest absolute Gasteiger partial charge is 0.310 e. The van der Waals surface area contributed by atoms with Crippen molar-refractivity contribution in [1.82, 2.24) is 0 Å². The molecule has 0 aliphatic rings. The lowest BCUT2D eigenvalue weighted by Gasteiger charge is -2.14. The predicted molar refractivity (Wildman–Crippen MR) is 100 cm³/mol. The van der Waals surface area contributed by atoms with E-state index >= 15 is 0 Å². The molecular weight excluding hydrogens is 368 g/mol. The lowest BCUT2D eigenvalue weighted by molar-refractivity contribution is -0.384. The SMILES string of the molecule is COc1ccc(OCCC(=O)OC(C)C(=O)Nc2cccc([N+](=O)[O-])c2)cc1. The Balaban J connectivity index is 1.76. The molecule has 0 heterocycles. The standard InChI is InChI=1S/C19H20N2O7/c1-13(19(23)20-14-4-3-5-15(12-14)21(24)25)28-18(22)10-11-27-17-8-6-16(26-2)7-9-17/h3-9,12-13H,10-11H2,1-2H3,(H,20,23). The average Bonchev–Trinajstić information content (AvgIpc) is 2.68. The molecule has 1 atom stereocenters. The summed E-state index contributed by atoms with van der Waals surface area (Å²) in [6, 6.07) is 12.3. The van der Waals surface area contributed by atoms with Crippen LogP contribution in [0, 0.1) is 10.1 Å². The first kappa shape index (κ1) is 20.7. The van der Waals surface area contributed by atoms with Crippen LogP contribution in [-0.2, 0) is 14.3 Å². The van der Waals surface area contributed by atoms with E-state index in [1.807, 2.05) is 0 Å². The number of methoxy groups -OCH3 is 1. The van der Waals surface area contributed by atoms with Crippen LogP contribution in [0.1, 0.15) is 13.3 Å². The minimum absolute atomic E-state index is 0.0412. The number of rotatable bonds is 9. The highest BCUT2D eigenvalue weighted by atomic mass is 16.6. The molecule has 0 radical (unpaired) electrons. The van der Waals surface area contributed by atoms with Gasteiger partial charge in [0, 0.05) is 17.8 Å². The number of esters is 1. The fourth-order valence-electron chi connectivity index (χ4n) is 2.17. The van der Waals surface area contributed by atoms with Gasteiger partial charge in [-0.15, -0.1) is 0 Å². The Morgan fingerprint density at radius 2 is 1.82 bits per heavy atom. The molecule has 0 fully saturated rings. The highest BCUT2D eigenvalue weighted by molar-refractivity contribution is 5.95. The van der Waals surface area contributed by atoms with Gasteiger partial charge in [-0.25, -0.2) is 0 Å². The molecule has 1 N–H and O–H groups in total. The van der Waals surface area contributed by atoms with Crippen molar-refractivity contribution in [1.29, 1.82) is 0 Å². The lowest BCUT2D eigenvalue weighted by atomic mass is 10.2. The van der Waals surface area contributed by atoms with E-state index in [4.69, 9.17) is 14.2 Å². The number of benzene rings is 2. The van der Waals surface area contributed by atoms with Crippen LogP contribution in [0.3, 0.4) is 0 Å². The molecule has 0 saturated carbocycles. The van der Waals surface area contributed by atoms with Gasteiger partial charge < -0.3 is 19.5 Å². The molecule has 0 bridgehead atoms. The van der Waals surface area contributed by atoms with Gasteiger partial charge in [0.15, 0.2) is 6.10 Å². The molecule has 0 aliphatic carbocycles. The second kappa shape index (κ2) is 9.91. The van der Waals surface area contributed by atoms with E-state index in [0.717, 1.165) is 0 Å². The van der Waals surface area contributed by atoms with Gasteiger partial charge in [-0.2, -0.15) is 0 Å². The van der Waals surface area contributed by atoms with Crippen molar-refractivity contribution in [2.24, 2.45) is 0 Å². The van der Waals surface area contributed by atoms with Gasteiger partial charge in [0.2, 0.25) is 0 Å². The van der Waals surface area contributed by atoms with Crippen molar-refractivity contribution < 1.29 is 28.7 Å². The molecule has 2 aromatic rings. The minimum atomic E-state index is -1.06. The summed E-state index contributed by atoms with van der Waals surface area (Å²) in [4.78, 5) is 34.1. The van der Waals surface area contributed by atoms with Crippen LogP contribution in [0.5, 0.6) is 11.5 Å².